The molecular formula is C20H19NO8. The van der Waals surface area contributed by atoms with Crippen LogP contribution in [0.5, 0.6) is 0 Å². The summed E-state index contributed by atoms with van der Waals surface area (Å²) in [6, 6.07) is 10.1. The van der Waals surface area contributed by atoms with Crippen molar-refractivity contribution in [2.45, 2.75) is 6.23 Å². The molecule has 0 saturated carbocycles. The van der Waals surface area contributed by atoms with Gasteiger partial charge in [0.05, 0.1) is 24.3 Å². The number of hydrogen-bond donors (Lipinski definition) is 3. The number of rotatable bonds is 7. The van der Waals surface area contributed by atoms with Crippen molar-refractivity contribution in [3.63, 3.8) is 0 Å². The van der Waals surface area contributed by atoms with Gasteiger partial charge >= 0.3 is 11.9 Å². The number of fused-ring (bicyclic) bond motifs is 1. The van der Waals surface area contributed by atoms with E-state index >= 15 is 0 Å². The van der Waals surface area contributed by atoms with Gasteiger partial charge in [0.25, 0.3) is 5.91 Å². The van der Waals surface area contributed by atoms with Crippen LogP contribution in [0, 0.1) is 0 Å². The Morgan fingerprint density at radius 3 is 2.03 bits per heavy atom. The maximum absolute atomic E-state index is 12.8. The van der Waals surface area contributed by atoms with Gasteiger partial charge in [0.15, 0.2) is 6.23 Å². The molecule has 0 aromatic heterocycles. The number of nitrogens with zero attached hydrogens (tertiary/aromatic N) is 1. The predicted octanol–water partition coefficient (Wildman–Crippen LogP) is 0.636. The highest BCUT2D eigenvalue weighted by atomic mass is 16.5. The van der Waals surface area contributed by atoms with Crippen molar-refractivity contribution >= 4 is 23.5 Å². The van der Waals surface area contributed by atoms with E-state index in [1.54, 1.807) is 0 Å². The van der Waals surface area contributed by atoms with Crippen LogP contribution in [0.1, 0.15) is 42.9 Å². The average molecular weight is 401 g/mol. The Morgan fingerprint density at radius 1 is 0.897 bits per heavy atom. The number of carbonyl (C=O) groups excluding carboxylic acids is 3. The van der Waals surface area contributed by atoms with Crippen LogP contribution in [0.3, 0.4) is 0 Å². The molecule has 1 amide bonds. The van der Waals surface area contributed by atoms with Gasteiger partial charge in [0.1, 0.15) is 13.2 Å². The molecule has 2 aromatic rings. The van der Waals surface area contributed by atoms with Gasteiger partial charge in [-0.3, -0.25) is 9.69 Å². The van der Waals surface area contributed by atoms with Crippen molar-refractivity contribution < 1.29 is 39.2 Å². The molecule has 29 heavy (non-hydrogen) atoms. The minimum Gasteiger partial charge on any atom is -0.460 e. The zero-order chi connectivity index (χ0) is 21.0. The van der Waals surface area contributed by atoms with Gasteiger partial charge in [0, 0.05) is 16.8 Å². The quantitative estimate of drug-likeness (QED) is 0.576. The molecule has 3 rings (SSSR count). The molecule has 9 heteroatoms. The van der Waals surface area contributed by atoms with Gasteiger partial charge in [-0.25, -0.2) is 9.59 Å². The summed E-state index contributed by atoms with van der Waals surface area (Å²) < 4.78 is 9.66. The van der Waals surface area contributed by atoms with Crippen LogP contribution in [0.4, 0.5) is 5.69 Å². The van der Waals surface area contributed by atoms with E-state index < -0.39 is 24.1 Å². The molecule has 1 atom stereocenters. The third-order valence-corrected chi connectivity index (χ3v) is 4.29. The van der Waals surface area contributed by atoms with Crippen LogP contribution in [-0.4, -0.2) is 59.6 Å². The third kappa shape index (κ3) is 4.11. The van der Waals surface area contributed by atoms with Crippen molar-refractivity contribution in [2.75, 3.05) is 31.3 Å². The summed E-state index contributed by atoms with van der Waals surface area (Å²) in [5, 5.41) is 28.0. The minimum atomic E-state index is -1.26. The molecular weight excluding hydrogens is 382 g/mol. The van der Waals surface area contributed by atoms with Gasteiger partial charge in [-0.05, 0) is 36.4 Å². The first-order chi connectivity index (χ1) is 14.0. The molecule has 0 bridgehead atoms. The van der Waals surface area contributed by atoms with Crippen LogP contribution in [0.2, 0.25) is 0 Å². The Morgan fingerprint density at radius 2 is 1.45 bits per heavy atom. The smallest absolute Gasteiger partial charge is 0.338 e. The zero-order valence-corrected chi connectivity index (χ0v) is 15.3. The van der Waals surface area contributed by atoms with Gasteiger partial charge in [-0.2, -0.15) is 0 Å². The molecule has 1 unspecified atom stereocenters. The lowest BCUT2D eigenvalue weighted by Crippen LogP contribution is -2.27. The molecule has 3 N–H and O–H groups in total. The molecule has 0 aliphatic carbocycles. The van der Waals surface area contributed by atoms with Crippen molar-refractivity contribution in [1.29, 1.82) is 0 Å². The number of amides is 1. The van der Waals surface area contributed by atoms with E-state index in [1.807, 2.05) is 0 Å². The second-order valence-corrected chi connectivity index (χ2v) is 6.12. The van der Waals surface area contributed by atoms with E-state index in [0.717, 1.165) is 4.90 Å². The van der Waals surface area contributed by atoms with Crippen LogP contribution < -0.4 is 4.90 Å². The lowest BCUT2D eigenvalue weighted by molar-refractivity contribution is 0.0427. The summed E-state index contributed by atoms with van der Waals surface area (Å²) in [5.41, 5.74) is 1.20. The highest BCUT2D eigenvalue weighted by Crippen LogP contribution is 2.36. The topological polar surface area (TPSA) is 134 Å². The fraction of sp³-hybridized carbons (Fsp3) is 0.250. The van der Waals surface area contributed by atoms with Gasteiger partial charge < -0.3 is 24.8 Å². The SMILES string of the molecule is O=C(OCCO)c1ccc(N2C(=O)c3cc(C(=O)OCCO)ccc3C2O)cc1. The predicted molar refractivity (Wildman–Crippen MR) is 99.4 cm³/mol. The highest BCUT2D eigenvalue weighted by Gasteiger charge is 2.37. The summed E-state index contributed by atoms with van der Waals surface area (Å²) in [4.78, 5) is 37.7. The number of hydrogen-bond acceptors (Lipinski definition) is 8. The van der Waals surface area contributed by atoms with Crippen LogP contribution >= 0.6 is 0 Å². The maximum atomic E-state index is 12.8. The number of aliphatic hydroxyl groups excluding tert-OH is 3. The van der Waals surface area contributed by atoms with E-state index in [2.05, 4.69) is 0 Å². The zero-order valence-electron chi connectivity index (χ0n) is 15.3. The molecule has 1 aliphatic heterocycles. The molecule has 0 saturated heterocycles. The van der Waals surface area contributed by atoms with E-state index in [4.69, 9.17) is 19.7 Å². The van der Waals surface area contributed by atoms with Crippen LogP contribution in [-0.2, 0) is 9.47 Å². The molecule has 152 valence electrons. The number of esters is 2. The highest BCUT2D eigenvalue weighted by molar-refractivity contribution is 6.11. The molecule has 1 heterocycles. The monoisotopic (exact) mass is 401 g/mol. The van der Waals surface area contributed by atoms with Crippen LogP contribution in [0.15, 0.2) is 42.5 Å². The Kier molecular flexibility index (Phi) is 6.23. The summed E-state index contributed by atoms with van der Waals surface area (Å²) >= 11 is 0. The molecule has 2 aromatic carbocycles. The summed E-state index contributed by atoms with van der Waals surface area (Å²) in [5.74, 6) is -1.82. The summed E-state index contributed by atoms with van der Waals surface area (Å²) in [7, 11) is 0. The Balaban J connectivity index is 1.82. The van der Waals surface area contributed by atoms with E-state index in [0.29, 0.717) is 11.3 Å². The third-order valence-electron chi connectivity index (χ3n) is 4.29. The Hall–Kier alpha value is -3.27. The largest absolute Gasteiger partial charge is 0.460 e. The van der Waals surface area contributed by atoms with E-state index in [-0.39, 0.29) is 43.1 Å². The first-order valence-corrected chi connectivity index (χ1v) is 8.79. The molecule has 0 radical (unpaired) electrons. The number of benzene rings is 2. The van der Waals surface area contributed by atoms with Crippen molar-refractivity contribution in [3.05, 3.63) is 64.7 Å². The van der Waals surface area contributed by atoms with Crippen molar-refractivity contribution in [2.24, 2.45) is 0 Å². The van der Waals surface area contributed by atoms with Gasteiger partial charge in [0.2, 0.25) is 0 Å². The lowest BCUT2D eigenvalue weighted by Gasteiger charge is -2.21. The van der Waals surface area contributed by atoms with E-state index in [1.165, 1.54) is 42.5 Å². The Bertz CT molecular complexity index is 925. The minimum absolute atomic E-state index is 0.123. The van der Waals surface area contributed by atoms with Crippen molar-refractivity contribution in [3.8, 4) is 0 Å². The maximum Gasteiger partial charge on any atom is 0.338 e. The number of aliphatic hydroxyl groups is 3. The van der Waals surface area contributed by atoms with Crippen molar-refractivity contribution in [1.82, 2.24) is 0 Å². The number of carbonyl (C=O) groups is 3. The standard InChI is InChI=1S/C20H19NO8/c22-7-9-28-19(26)12-1-4-14(5-2-12)21-17(24)15-6-3-13(11-16(15)18(21)25)20(27)29-10-8-23/h1-6,11,17,22-24H,7-10H2. The normalized spacial score (nSPS) is 15.2. The second-order valence-electron chi connectivity index (χ2n) is 6.12. The molecule has 9 nitrogen and oxygen atoms in total. The van der Waals surface area contributed by atoms with Gasteiger partial charge in [-0.1, -0.05) is 6.07 Å². The van der Waals surface area contributed by atoms with Crippen LogP contribution in [0.25, 0.3) is 0 Å². The molecule has 1 aliphatic rings. The summed E-state index contributed by atoms with van der Waals surface area (Å²) in [6.45, 7) is -0.883. The molecule has 0 spiro atoms. The van der Waals surface area contributed by atoms with E-state index in [9.17, 15) is 19.5 Å². The fourth-order valence-corrected chi connectivity index (χ4v) is 2.93. The number of anilines is 1. The average Bonchev–Trinajstić information content (AvgIpc) is 3.00. The first-order valence-electron chi connectivity index (χ1n) is 8.79. The first kappa shape index (κ1) is 20.5. The molecule has 0 fully saturated rings. The number of ether oxygens (including phenoxy) is 2. The van der Waals surface area contributed by atoms with Gasteiger partial charge in [-0.15, -0.1) is 0 Å². The Labute approximate surface area is 165 Å². The summed E-state index contributed by atoms with van der Waals surface area (Å²) in [6.07, 6.45) is -1.26. The fourth-order valence-electron chi connectivity index (χ4n) is 2.93. The second kappa shape index (κ2) is 8.82. The lowest BCUT2D eigenvalue weighted by atomic mass is 10.1.